The molecule has 0 fully saturated rings. The summed E-state index contributed by atoms with van der Waals surface area (Å²) in [4.78, 5) is 9.68. The van der Waals surface area contributed by atoms with Crippen molar-refractivity contribution in [3.63, 3.8) is 0 Å². The summed E-state index contributed by atoms with van der Waals surface area (Å²) in [7, 11) is 0. The normalized spacial score (nSPS) is 11.1. The van der Waals surface area contributed by atoms with Crippen LogP contribution >= 0.6 is 0 Å². The van der Waals surface area contributed by atoms with Crippen LogP contribution in [0.3, 0.4) is 0 Å². The summed E-state index contributed by atoms with van der Waals surface area (Å²) in [5.41, 5.74) is 6.17. The number of imidazole rings is 1. The van der Waals surface area contributed by atoms with Crippen LogP contribution in [0, 0.1) is 0 Å². The summed E-state index contributed by atoms with van der Waals surface area (Å²) in [6, 6.07) is 0. The lowest BCUT2D eigenvalue weighted by atomic mass is 10.6. The molecule has 0 saturated heterocycles. The highest BCUT2D eigenvalue weighted by atomic mass is 16.3. The summed E-state index contributed by atoms with van der Waals surface area (Å²) in [6.07, 6.45) is 3.11. The summed E-state index contributed by atoms with van der Waals surface area (Å²) < 4.78 is 1.65. The van der Waals surface area contributed by atoms with Crippen LogP contribution in [-0.4, -0.2) is 55.8 Å². The molecule has 2 aromatic heterocycles. The van der Waals surface area contributed by atoms with Crippen molar-refractivity contribution in [1.82, 2.24) is 19.3 Å². The summed E-state index contributed by atoms with van der Waals surface area (Å²) in [5.74, 6) is 0.353. The van der Waals surface area contributed by atoms with Crippen LogP contribution < -0.4 is 10.7 Å². The van der Waals surface area contributed by atoms with Gasteiger partial charge in [-0.2, -0.15) is 4.79 Å². The molecule has 0 unspecified atom stereocenters. The van der Waals surface area contributed by atoms with Crippen molar-refractivity contribution in [1.29, 1.82) is 0 Å². The van der Waals surface area contributed by atoms with Crippen molar-refractivity contribution in [3.05, 3.63) is 12.7 Å². The van der Waals surface area contributed by atoms with Gasteiger partial charge in [0.05, 0.1) is 26.3 Å². The van der Waals surface area contributed by atoms with Gasteiger partial charge in [-0.05, 0) is 0 Å². The van der Waals surface area contributed by atoms with E-state index in [0.717, 1.165) is 0 Å². The lowest BCUT2D eigenvalue weighted by molar-refractivity contribution is 0.259. The molecular weight excluding hydrogens is 212 g/mol. The van der Waals surface area contributed by atoms with Gasteiger partial charge in [0.25, 0.3) is 0 Å². The minimum absolute atomic E-state index is 0.0101. The van der Waals surface area contributed by atoms with Gasteiger partial charge in [-0.15, -0.1) is 0 Å². The third-order valence-corrected chi connectivity index (χ3v) is 2.26. The lowest BCUT2D eigenvalue weighted by Gasteiger charge is -2.23. The van der Waals surface area contributed by atoms with Crippen LogP contribution in [0.5, 0.6) is 0 Å². The van der Waals surface area contributed by atoms with Crippen LogP contribution in [0.4, 0.5) is 5.82 Å². The van der Waals surface area contributed by atoms with E-state index in [4.69, 9.17) is 15.9 Å². The Morgan fingerprint density at radius 2 is 1.88 bits per heavy atom. The zero-order valence-electron chi connectivity index (χ0n) is 8.69. The Morgan fingerprint density at radius 3 is 2.50 bits per heavy atom. The zero-order chi connectivity index (χ0) is 11.5. The second-order valence-corrected chi connectivity index (χ2v) is 3.26. The zero-order valence-corrected chi connectivity index (χ0v) is 8.69. The van der Waals surface area contributed by atoms with E-state index >= 15 is 0 Å². The minimum atomic E-state index is -0.0101. The molecular formula is C8H14N6O2. The first-order valence-corrected chi connectivity index (χ1v) is 4.91. The molecule has 16 heavy (non-hydrogen) atoms. The van der Waals surface area contributed by atoms with Crippen LogP contribution in [-0.2, 0) is 0 Å². The first kappa shape index (κ1) is 10.7. The standard InChI is InChI=1S/C8H14N6O2/c9-7-8-11-6-14(13(8)5-10-7)12(1-3-15)2-4-16/h5-6,15-16H,1-4,9H2. The molecule has 0 atom stereocenters. The number of nitrogen functional groups attached to an aromatic ring is 1. The summed E-state index contributed by atoms with van der Waals surface area (Å²) in [5, 5.41) is 19.6. The minimum Gasteiger partial charge on any atom is -0.394 e. The third-order valence-electron chi connectivity index (χ3n) is 2.26. The van der Waals surface area contributed by atoms with Gasteiger partial charge >= 0.3 is 0 Å². The van der Waals surface area contributed by atoms with E-state index in [9.17, 15) is 0 Å². The largest absolute Gasteiger partial charge is 0.394 e. The Kier molecular flexibility index (Phi) is 2.93. The Balaban J connectivity index is 2.35. The fraction of sp³-hybridized carbons (Fsp3) is 0.500. The van der Waals surface area contributed by atoms with Crippen LogP contribution in [0.25, 0.3) is 5.65 Å². The van der Waals surface area contributed by atoms with Gasteiger partial charge in [-0.25, -0.2) is 14.5 Å². The molecule has 8 heteroatoms. The molecule has 8 nitrogen and oxygen atoms in total. The van der Waals surface area contributed by atoms with Gasteiger partial charge in [-0.3, -0.25) is 5.01 Å². The van der Waals surface area contributed by atoms with Crippen LogP contribution in [0.1, 0.15) is 0 Å². The second kappa shape index (κ2) is 4.37. The number of hydrogen-bond acceptors (Lipinski definition) is 6. The number of fused-ring (bicyclic) bond motifs is 1. The molecule has 0 aliphatic rings. The molecule has 0 amide bonds. The fourth-order valence-electron chi connectivity index (χ4n) is 1.54. The maximum Gasteiger partial charge on any atom is 0.199 e. The number of aliphatic hydroxyl groups is 2. The van der Waals surface area contributed by atoms with Gasteiger partial charge in [-0.1, -0.05) is 0 Å². The quantitative estimate of drug-likeness (QED) is 0.546. The highest BCUT2D eigenvalue weighted by Gasteiger charge is 2.11. The molecule has 0 spiro atoms. The molecule has 0 aliphatic carbocycles. The SMILES string of the molecule is Nc1ncn2c1ncn2N(CCO)CCO. The Morgan fingerprint density at radius 1 is 1.19 bits per heavy atom. The molecule has 2 aromatic rings. The molecule has 0 radical (unpaired) electrons. The monoisotopic (exact) mass is 226 g/mol. The summed E-state index contributed by atoms with van der Waals surface area (Å²) in [6.45, 7) is 0.766. The fourth-order valence-corrected chi connectivity index (χ4v) is 1.54. The average Bonchev–Trinajstić information content (AvgIpc) is 2.82. The molecule has 2 rings (SSSR count). The molecule has 4 N–H and O–H groups in total. The predicted molar refractivity (Wildman–Crippen MR) is 57.5 cm³/mol. The van der Waals surface area contributed by atoms with E-state index in [1.165, 1.54) is 0 Å². The van der Waals surface area contributed by atoms with E-state index in [2.05, 4.69) is 9.97 Å². The third kappa shape index (κ3) is 1.68. The Bertz CT molecular complexity index is 458. The molecule has 88 valence electrons. The lowest BCUT2D eigenvalue weighted by Crippen LogP contribution is -2.40. The highest BCUT2D eigenvalue weighted by Crippen LogP contribution is 2.08. The topological polar surface area (TPSA) is 105 Å². The van der Waals surface area contributed by atoms with E-state index in [1.807, 2.05) is 0 Å². The number of hydrogen-bond donors (Lipinski definition) is 3. The van der Waals surface area contributed by atoms with E-state index in [1.54, 1.807) is 27.0 Å². The van der Waals surface area contributed by atoms with E-state index in [-0.39, 0.29) is 13.2 Å². The smallest absolute Gasteiger partial charge is 0.199 e. The average molecular weight is 226 g/mol. The highest BCUT2D eigenvalue weighted by molar-refractivity contribution is 5.58. The number of rotatable bonds is 5. The van der Waals surface area contributed by atoms with Crippen LogP contribution in [0.2, 0.25) is 0 Å². The van der Waals surface area contributed by atoms with Crippen molar-refractivity contribution in [2.45, 2.75) is 0 Å². The van der Waals surface area contributed by atoms with Crippen molar-refractivity contribution in [2.24, 2.45) is 0 Å². The molecule has 0 aliphatic heterocycles. The first-order valence-electron chi connectivity index (χ1n) is 4.91. The van der Waals surface area contributed by atoms with E-state index < -0.39 is 0 Å². The van der Waals surface area contributed by atoms with Gasteiger partial charge < -0.3 is 15.9 Å². The predicted octanol–water partition coefficient (Wildman–Crippen LogP) is -1.96. The number of aromatic nitrogens is 4. The molecule has 0 aromatic carbocycles. The van der Waals surface area contributed by atoms with Crippen molar-refractivity contribution in [2.75, 3.05) is 37.0 Å². The van der Waals surface area contributed by atoms with Gasteiger partial charge in [0.15, 0.2) is 11.5 Å². The number of anilines is 1. The molecule has 0 saturated carbocycles. The van der Waals surface area contributed by atoms with Gasteiger partial charge in [0, 0.05) is 0 Å². The molecule has 2 heterocycles. The van der Waals surface area contributed by atoms with Crippen molar-refractivity contribution >= 4 is 11.5 Å². The first-order chi connectivity index (χ1) is 7.77. The Hall–Kier alpha value is -1.80. The summed E-state index contributed by atoms with van der Waals surface area (Å²) >= 11 is 0. The van der Waals surface area contributed by atoms with Gasteiger partial charge in [0.1, 0.15) is 12.7 Å². The maximum absolute atomic E-state index is 8.93. The van der Waals surface area contributed by atoms with Crippen molar-refractivity contribution < 1.29 is 10.2 Å². The van der Waals surface area contributed by atoms with Crippen molar-refractivity contribution in [3.8, 4) is 0 Å². The van der Waals surface area contributed by atoms with Gasteiger partial charge in [0.2, 0.25) is 0 Å². The number of nitrogens with two attached hydrogens (primary N) is 1. The molecule has 0 bridgehead atoms. The maximum atomic E-state index is 8.93. The second-order valence-electron chi connectivity index (χ2n) is 3.26. The van der Waals surface area contributed by atoms with Crippen LogP contribution in [0.15, 0.2) is 12.7 Å². The number of nitrogens with zero attached hydrogens (tertiary/aromatic N) is 5. The number of aliphatic hydroxyl groups excluding tert-OH is 2. The Labute approximate surface area is 91.5 Å². The van der Waals surface area contributed by atoms with E-state index in [0.29, 0.717) is 24.6 Å².